The third-order valence-corrected chi connectivity index (χ3v) is 3.92. The molecule has 2 amide bonds. The summed E-state index contributed by atoms with van der Waals surface area (Å²) in [7, 11) is 0. The van der Waals surface area contributed by atoms with Crippen molar-refractivity contribution < 1.29 is 9.59 Å². The average Bonchev–Trinajstić information content (AvgIpc) is 2.36. The molecule has 22 heavy (non-hydrogen) atoms. The summed E-state index contributed by atoms with van der Waals surface area (Å²) in [6, 6.07) is 1.64. The van der Waals surface area contributed by atoms with Crippen LogP contribution in [0.5, 0.6) is 0 Å². The monoisotopic (exact) mass is 305 g/mol. The molecule has 0 saturated carbocycles. The van der Waals surface area contributed by atoms with E-state index in [0.717, 1.165) is 0 Å². The van der Waals surface area contributed by atoms with E-state index in [1.807, 2.05) is 27.7 Å². The summed E-state index contributed by atoms with van der Waals surface area (Å²) in [6.45, 7) is 7.71. The van der Waals surface area contributed by atoms with E-state index in [0.29, 0.717) is 12.8 Å². The molecule has 0 aromatic carbocycles. The normalized spacial score (nSPS) is 20.5. The summed E-state index contributed by atoms with van der Waals surface area (Å²) in [6.07, 6.45) is 4.30. The van der Waals surface area contributed by atoms with Gasteiger partial charge >= 0.3 is 11.8 Å². The van der Waals surface area contributed by atoms with Crippen molar-refractivity contribution in [3.05, 3.63) is 18.5 Å². The number of anilines is 1. The van der Waals surface area contributed by atoms with Crippen LogP contribution < -0.4 is 11.1 Å². The molecule has 2 heterocycles. The van der Waals surface area contributed by atoms with Crippen LogP contribution in [-0.4, -0.2) is 43.8 Å². The van der Waals surface area contributed by atoms with E-state index in [1.165, 1.54) is 12.4 Å². The van der Waals surface area contributed by atoms with Gasteiger partial charge in [0.25, 0.3) is 0 Å². The van der Waals surface area contributed by atoms with Crippen LogP contribution in [0.2, 0.25) is 0 Å². The molecule has 7 heteroatoms. The number of likely N-dealkylation sites (tertiary alicyclic amines) is 1. The Bertz CT molecular complexity index is 553. The number of nitrogens with zero attached hydrogens (tertiary/aromatic N) is 3. The third kappa shape index (κ3) is 3.24. The summed E-state index contributed by atoms with van der Waals surface area (Å²) in [4.78, 5) is 34.3. The number of aromatic nitrogens is 2. The molecule has 1 fully saturated rings. The molecular weight excluding hydrogens is 282 g/mol. The molecule has 3 N–H and O–H groups in total. The Hall–Kier alpha value is -2.02. The molecule has 1 aliphatic heterocycles. The molecule has 1 aromatic heterocycles. The second-order valence-corrected chi connectivity index (χ2v) is 6.96. The number of rotatable bonds is 1. The third-order valence-electron chi connectivity index (χ3n) is 3.92. The van der Waals surface area contributed by atoms with Gasteiger partial charge in [-0.3, -0.25) is 14.9 Å². The van der Waals surface area contributed by atoms with Crippen molar-refractivity contribution in [2.75, 3.05) is 5.32 Å². The number of amides is 2. The Balaban J connectivity index is 2.21. The van der Waals surface area contributed by atoms with E-state index in [-0.39, 0.29) is 12.0 Å². The quantitative estimate of drug-likeness (QED) is 0.751. The topological polar surface area (TPSA) is 101 Å². The van der Waals surface area contributed by atoms with Gasteiger partial charge in [-0.1, -0.05) is 0 Å². The molecule has 120 valence electrons. The molecule has 0 aliphatic carbocycles. The molecule has 0 atom stereocenters. The SMILES string of the molecule is CC1(C)CC(N)CC(C)(C)N1C(=O)C(=O)Nc1ncccn1. The van der Waals surface area contributed by atoms with Crippen molar-refractivity contribution >= 4 is 17.8 Å². The zero-order valence-electron chi connectivity index (χ0n) is 13.5. The van der Waals surface area contributed by atoms with Crippen LogP contribution in [0.15, 0.2) is 18.5 Å². The lowest BCUT2D eigenvalue weighted by atomic mass is 9.77. The lowest BCUT2D eigenvalue weighted by Crippen LogP contribution is -2.66. The van der Waals surface area contributed by atoms with Crippen molar-refractivity contribution in [3.8, 4) is 0 Å². The smallest absolute Gasteiger partial charge is 0.316 e. The van der Waals surface area contributed by atoms with Crippen molar-refractivity contribution in [1.29, 1.82) is 0 Å². The van der Waals surface area contributed by atoms with Crippen LogP contribution in [0, 0.1) is 0 Å². The summed E-state index contributed by atoms with van der Waals surface area (Å²) in [5, 5.41) is 2.44. The number of piperidine rings is 1. The molecule has 0 spiro atoms. The Morgan fingerprint density at radius 1 is 1.18 bits per heavy atom. The molecule has 0 radical (unpaired) electrons. The van der Waals surface area contributed by atoms with E-state index in [1.54, 1.807) is 11.0 Å². The Morgan fingerprint density at radius 3 is 2.18 bits per heavy atom. The van der Waals surface area contributed by atoms with E-state index >= 15 is 0 Å². The number of carbonyl (C=O) groups excluding carboxylic acids is 2. The second-order valence-electron chi connectivity index (χ2n) is 6.96. The second kappa shape index (κ2) is 5.64. The molecule has 0 unspecified atom stereocenters. The minimum atomic E-state index is -0.733. The maximum absolute atomic E-state index is 12.7. The number of hydrogen-bond donors (Lipinski definition) is 2. The summed E-state index contributed by atoms with van der Waals surface area (Å²) < 4.78 is 0. The molecule has 1 aliphatic rings. The molecular formula is C15H23N5O2. The van der Waals surface area contributed by atoms with E-state index in [4.69, 9.17) is 5.73 Å². The summed E-state index contributed by atoms with van der Waals surface area (Å²) in [5.41, 5.74) is 5.10. The average molecular weight is 305 g/mol. The van der Waals surface area contributed by atoms with Crippen LogP contribution in [0.3, 0.4) is 0 Å². The van der Waals surface area contributed by atoms with Crippen LogP contribution in [0.25, 0.3) is 0 Å². The summed E-state index contributed by atoms with van der Waals surface area (Å²) >= 11 is 0. The predicted molar refractivity (Wildman–Crippen MR) is 82.9 cm³/mol. The number of nitrogens with one attached hydrogen (secondary N) is 1. The molecule has 1 saturated heterocycles. The molecule has 1 aromatic rings. The van der Waals surface area contributed by atoms with E-state index < -0.39 is 22.9 Å². The van der Waals surface area contributed by atoms with Gasteiger partial charge in [0, 0.05) is 29.5 Å². The van der Waals surface area contributed by atoms with Crippen molar-refractivity contribution in [2.24, 2.45) is 5.73 Å². The fourth-order valence-electron chi connectivity index (χ4n) is 3.53. The first-order valence-corrected chi connectivity index (χ1v) is 7.32. The number of carbonyl (C=O) groups is 2. The molecule has 7 nitrogen and oxygen atoms in total. The highest BCUT2D eigenvalue weighted by Crippen LogP contribution is 2.37. The summed E-state index contributed by atoms with van der Waals surface area (Å²) in [5.74, 6) is -1.21. The van der Waals surface area contributed by atoms with Gasteiger partial charge in [0.15, 0.2) is 0 Å². The molecule has 2 rings (SSSR count). The van der Waals surface area contributed by atoms with Crippen LogP contribution in [0.4, 0.5) is 5.95 Å². The van der Waals surface area contributed by atoms with Crippen molar-refractivity contribution in [3.63, 3.8) is 0 Å². The van der Waals surface area contributed by atoms with Gasteiger partial charge < -0.3 is 10.6 Å². The Labute approximate surface area is 130 Å². The maximum Gasteiger partial charge on any atom is 0.316 e. The minimum Gasteiger partial charge on any atom is -0.328 e. The fraction of sp³-hybridized carbons (Fsp3) is 0.600. The number of hydrogen-bond acceptors (Lipinski definition) is 5. The van der Waals surface area contributed by atoms with Crippen molar-refractivity contribution in [2.45, 2.75) is 57.7 Å². The van der Waals surface area contributed by atoms with E-state index in [2.05, 4.69) is 15.3 Å². The van der Waals surface area contributed by atoms with Crippen molar-refractivity contribution in [1.82, 2.24) is 14.9 Å². The first-order valence-electron chi connectivity index (χ1n) is 7.32. The van der Waals surface area contributed by atoms with Gasteiger partial charge in [0.2, 0.25) is 5.95 Å². The highest BCUT2D eigenvalue weighted by Gasteiger charge is 2.48. The maximum atomic E-state index is 12.7. The lowest BCUT2D eigenvalue weighted by molar-refractivity contribution is -0.156. The van der Waals surface area contributed by atoms with Gasteiger partial charge in [0.1, 0.15) is 0 Å². The highest BCUT2D eigenvalue weighted by atomic mass is 16.2. The first-order chi connectivity index (χ1) is 10.1. The van der Waals surface area contributed by atoms with Crippen LogP contribution >= 0.6 is 0 Å². The highest BCUT2D eigenvalue weighted by molar-refractivity contribution is 6.39. The zero-order chi connectivity index (χ0) is 16.5. The van der Waals surface area contributed by atoms with E-state index in [9.17, 15) is 9.59 Å². The Kier molecular flexibility index (Phi) is 4.19. The predicted octanol–water partition coefficient (Wildman–Crippen LogP) is 0.922. The number of nitrogens with two attached hydrogens (primary N) is 1. The lowest BCUT2D eigenvalue weighted by Gasteiger charge is -2.54. The molecule has 0 bridgehead atoms. The first kappa shape index (κ1) is 16.4. The fourth-order valence-corrected chi connectivity index (χ4v) is 3.53. The largest absolute Gasteiger partial charge is 0.328 e. The van der Waals surface area contributed by atoms with Crippen LogP contribution in [-0.2, 0) is 9.59 Å². The van der Waals surface area contributed by atoms with Crippen LogP contribution in [0.1, 0.15) is 40.5 Å². The Morgan fingerprint density at radius 2 is 1.68 bits per heavy atom. The van der Waals surface area contributed by atoms with Gasteiger partial charge in [-0.25, -0.2) is 9.97 Å². The standard InChI is InChI=1S/C15H23N5O2/c1-14(2)8-10(16)9-15(3,4)20(14)12(22)11(21)19-13-17-6-5-7-18-13/h5-7,10H,8-9,16H2,1-4H3,(H,17,18,19,21). The minimum absolute atomic E-state index is 0.00886. The van der Waals surface area contributed by atoms with Gasteiger partial charge in [-0.2, -0.15) is 0 Å². The van der Waals surface area contributed by atoms with Gasteiger partial charge in [-0.15, -0.1) is 0 Å². The van der Waals surface area contributed by atoms with Gasteiger partial charge in [0.05, 0.1) is 0 Å². The zero-order valence-corrected chi connectivity index (χ0v) is 13.5. The van der Waals surface area contributed by atoms with Gasteiger partial charge in [-0.05, 0) is 46.6 Å².